The van der Waals surface area contributed by atoms with E-state index in [0.717, 1.165) is 51.6 Å². The molecule has 1 saturated heterocycles. The number of anilines is 1. The molecule has 1 atom stereocenters. The van der Waals surface area contributed by atoms with Crippen molar-refractivity contribution < 1.29 is 19.5 Å². The molecule has 2 heterocycles. The van der Waals surface area contributed by atoms with Crippen molar-refractivity contribution in [3.63, 3.8) is 0 Å². The van der Waals surface area contributed by atoms with Crippen LogP contribution in [0.4, 0.5) is 5.95 Å². The number of hydrogen-bond acceptors (Lipinski definition) is 7. The third kappa shape index (κ3) is 6.43. The van der Waals surface area contributed by atoms with E-state index >= 15 is 0 Å². The van der Waals surface area contributed by atoms with Crippen LogP contribution in [0.2, 0.25) is 0 Å². The highest BCUT2D eigenvalue weighted by molar-refractivity contribution is 5.92. The van der Waals surface area contributed by atoms with E-state index in [1.165, 1.54) is 57.3 Å². The van der Waals surface area contributed by atoms with E-state index < -0.39 is 5.91 Å². The summed E-state index contributed by atoms with van der Waals surface area (Å²) in [4.78, 5) is 35.3. The van der Waals surface area contributed by atoms with Gasteiger partial charge < -0.3 is 9.64 Å². The smallest absolute Gasteiger partial charge is 0.309 e. The van der Waals surface area contributed by atoms with Crippen LogP contribution in [0.5, 0.6) is 0 Å². The van der Waals surface area contributed by atoms with Crippen molar-refractivity contribution in [3.8, 4) is 0 Å². The quantitative estimate of drug-likeness (QED) is 0.340. The first-order valence-corrected chi connectivity index (χ1v) is 12.9. The molecule has 182 valence electrons. The zero-order valence-corrected chi connectivity index (χ0v) is 19.6. The van der Waals surface area contributed by atoms with E-state index in [9.17, 15) is 9.59 Å². The molecule has 0 unspecified atom stereocenters. The number of aromatic nitrogens is 2. The SMILES string of the molecule is O=C(NO)c1cnc(N2CCC(CC[C@H](C(=O)OC3CCCC3)C3CCCCC3)CC2)nc1. The first kappa shape index (κ1) is 23.9. The molecule has 0 radical (unpaired) electrons. The normalized spacial score (nSPS) is 21.7. The number of esters is 1. The van der Waals surface area contributed by atoms with E-state index in [1.54, 1.807) is 5.48 Å². The predicted molar refractivity (Wildman–Crippen MR) is 124 cm³/mol. The summed E-state index contributed by atoms with van der Waals surface area (Å²) in [7, 11) is 0. The summed E-state index contributed by atoms with van der Waals surface area (Å²) in [6.45, 7) is 1.74. The number of rotatable bonds is 8. The van der Waals surface area contributed by atoms with Crippen molar-refractivity contribution in [1.29, 1.82) is 0 Å². The van der Waals surface area contributed by atoms with Gasteiger partial charge in [-0.25, -0.2) is 15.4 Å². The highest BCUT2D eigenvalue weighted by atomic mass is 16.5. The fourth-order valence-corrected chi connectivity index (χ4v) is 5.84. The maximum absolute atomic E-state index is 13.1. The summed E-state index contributed by atoms with van der Waals surface area (Å²) >= 11 is 0. The zero-order chi connectivity index (χ0) is 23.0. The molecular formula is C25H38N4O4. The topological polar surface area (TPSA) is 105 Å². The third-order valence-electron chi connectivity index (χ3n) is 7.89. The number of ether oxygens (including phenoxy) is 1. The van der Waals surface area contributed by atoms with Crippen molar-refractivity contribution in [2.75, 3.05) is 18.0 Å². The van der Waals surface area contributed by atoms with Gasteiger partial charge in [-0.2, -0.15) is 0 Å². The molecule has 0 spiro atoms. The van der Waals surface area contributed by atoms with Gasteiger partial charge in [-0.05, 0) is 76.0 Å². The maximum Gasteiger partial charge on any atom is 0.309 e. The minimum atomic E-state index is -0.612. The van der Waals surface area contributed by atoms with Crippen LogP contribution < -0.4 is 10.4 Å². The van der Waals surface area contributed by atoms with Gasteiger partial charge in [0.2, 0.25) is 5.95 Å². The number of carbonyl (C=O) groups is 2. The molecular weight excluding hydrogens is 420 g/mol. The van der Waals surface area contributed by atoms with E-state index in [1.807, 2.05) is 0 Å². The molecule has 2 saturated carbocycles. The molecule has 8 heteroatoms. The number of hydrogen-bond donors (Lipinski definition) is 2. The van der Waals surface area contributed by atoms with Gasteiger partial charge in [0.1, 0.15) is 6.10 Å². The van der Waals surface area contributed by atoms with Gasteiger partial charge in [-0.3, -0.25) is 14.8 Å². The lowest BCUT2D eigenvalue weighted by Crippen LogP contribution is -2.36. The molecule has 0 bridgehead atoms. The van der Waals surface area contributed by atoms with Crippen molar-refractivity contribution in [3.05, 3.63) is 18.0 Å². The Morgan fingerprint density at radius 1 is 1.00 bits per heavy atom. The lowest BCUT2D eigenvalue weighted by molar-refractivity contribution is -0.156. The monoisotopic (exact) mass is 458 g/mol. The minimum absolute atomic E-state index is 0.0671. The van der Waals surface area contributed by atoms with Gasteiger partial charge in [-0.1, -0.05) is 19.3 Å². The average Bonchev–Trinajstić information content (AvgIpc) is 3.38. The van der Waals surface area contributed by atoms with E-state index in [2.05, 4.69) is 14.9 Å². The van der Waals surface area contributed by atoms with Gasteiger partial charge in [0.05, 0.1) is 11.5 Å². The molecule has 2 N–H and O–H groups in total. The van der Waals surface area contributed by atoms with Crippen LogP contribution in [0.1, 0.15) is 93.8 Å². The number of nitrogens with zero attached hydrogens (tertiary/aromatic N) is 3. The molecule has 1 aromatic rings. The van der Waals surface area contributed by atoms with Crippen molar-refractivity contribution >= 4 is 17.8 Å². The van der Waals surface area contributed by atoms with E-state index in [0.29, 0.717) is 17.8 Å². The summed E-state index contributed by atoms with van der Waals surface area (Å²) in [5, 5.41) is 8.72. The van der Waals surface area contributed by atoms with Crippen LogP contribution in [0.15, 0.2) is 12.4 Å². The summed E-state index contributed by atoms with van der Waals surface area (Å²) in [5.74, 6) is 1.24. The Bertz CT molecular complexity index is 767. The number of nitrogens with one attached hydrogen (secondary N) is 1. The van der Waals surface area contributed by atoms with Gasteiger partial charge in [0, 0.05) is 25.5 Å². The van der Waals surface area contributed by atoms with Crippen LogP contribution in [-0.2, 0) is 9.53 Å². The molecule has 1 aliphatic heterocycles. The van der Waals surface area contributed by atoms with Crippen LogP contribution in [0.3, 0.4) is 0 Å². The molecule has 3 fully saturated rings. The van der Waals surface area contributed by atoms with E-state index in [4.69, 9.17) is 9.94 Å². The first-order chi connectivity index (χ1) is 16.1. The Morgan fingerprint density at radius 2 is 1.64 bits per heavy atom. The Hall–Kier alpha value is -2.22. The fraction of sp³-hybridized carbons (Fsp3) is 0.760. The van der Waals surface area contributed by atoms with Crippen LogP contribution in [0.25, 0.3) is 0 Å². The van der Waals surface area contributed by atoms with E-state index in [-0.39, 0.29) is 23.6 Å². The van der Waals surface area contributed by atoms with Crippen molar-refractivity contribution in [2.24, 2.45) is 17.8 Å². The first-order valence-electron chi connectivity index (χ1n) is 12.9. The molecule has 8 nitrogen and oxygen atoms in total. The molecule has 33 heavy (non-hydrogen) atoms. The number of hydroxylamine groups is 1. The molecule has 1 aromatic heterocycles. The summed E-state index contributed by atoms with van der Waals surface area (Å²) in [6, 6.07) is 0. The van der Waals surface area contributed by atoms with Gasteiger partial charge in [-0.15, -0.1) is 0 Å². The van der Waals surface area contributed by atoms with Gasteiger partial charge >= 0.3 is 5.97 Å². The van der Waals surface area contributed by atoms with Crippen LogP contribution in [0, 0.1) is 17.8 Å². The number of piperidine rings is 1. The Morgan fingerprint density at radius 3 is 2.27 bits per heavy atom. The number of carbonyl (C=O) groups excluding carboxylic acids is 2. The second kappa shape index (κ2) is 11.8. The van der Waals surface area contributed by atoms with Crippen molar-refractivity contribution in [1.82, 2.24) is 15.4 Å². The second-order valence-corrected chi connectivity index (χ2v) is 10.1. The zero-order valence-electron chi connectivity index (χ0n) is 19.6. The summed E-state index contributed by atoms with van der Waals surface area (Å²) in [5.41, 5.74) is 1.83. The molecule has 2 aliphatic carbocycles. The Kier molecular flexibility index (Phi) is 8.53. The minimum Gasteiger partial charge on any atom is -0.462 e. The lowest BCUT2D eigenvalue weighted by Gasteiger charge is -2.34. The van der Waals surface area contributed by atoms with Gasteiger partial charge in [0.25, 0.3) is 5.91 Å². The molecule has 0 aromatic carbocycles. The lowest BCUT2D eigenvalue weighted by atomic mass is 9.76. The Balaban J connectivity index is 1.27. The third-order valence-corrected chi connectivity index (χ3v) is 7.89. The highest BCUT2D eigenvalue weighted by Crippen LogP contribution is 2.36. The number of amides is 1. The molecule has 3 aliphatic rings. The fourth-order valence-electron chi connectivity index (χ4n) is 5.84. The largest absolute Gasteiger partial charge is 0.462 e. The van der Waals surface area contributed by atoms with Crippen LogP contribution in [-0.4, -0.2) is 46.2 Å². The molecule has 4 rings (SSSR count). The van der Waals surface area contributed by atoms with Gasteiger partial charge in [0.15, 0.2) is 0 Å². The predicted octanol–water partition coefficient (Wildman–Crippen LogP) is 4.27. The molecule has 1 amide bonds. The van der Waals surface area contributed by atoms with Crippen molar-refractivity contribution in [2.45, 2.75) is 89.6 Å². The average molecular weight is 459 g/mol. The summed E-state index contributed by atoms with van der Waals surface area (Å²) in [6.07, 6.45) is 17.7. The van der Waals surface area contributed by atoms with Crippen LogP contribution >= 0.6 is 0 Å². The summed E-state index contributed by atoms with van der Waals surface area (Å²) < 4.78 is 5.97. The Labute approximate surface area is 196 Å². The highest BCUT2D eigenvalue weighted by Gasteiger charge is 2.33. The second-order valence-electron chi connectivity index (χ2n) is 10.1. The maximum atomic E-state index is 13.1. The standard InChI is InChI=1S/C25H38N4O4/c30-23(28-32)20-16-26-25(27-17-20)29-14-12-18(13-15-29)10-11-22(19-6-2-1-3-7-19)24(31)33-21-8-4-5-9-21/h16-19,21-22,32H,1-15H2,(H,28,30)/t22-/m0/s1.